The number of ether oxygens (including phenoxy) is 4. The maximum absolute atomic E-state index is 13.1. The van der Waals surface area contributed by atoms with Crippen LogP contribution in [-0.2, 0) is 19.5 Å². The summed E-state index contributed by atoms with van der Waals surface area (Å²) in [6.07, 6.45) is -0.671. The molecule has 6 aromatic rings. The number of aromatic nitrogens is 4. The fourth-order valence-corrected chi connectivity index (χ4v) is 8.19. The average molecular weight is 788 g/mol. The van der Waals surface area contributed by atoms with Crippen LogP contribution in [0, 0.1) is 0 Å². The highest BCUT2D eigenvalue weighted by molar-refractivity contribution is 6.74. The molecule has 4 atom stereocenters. The smallest absolute Gasteiger partial charge is 0.256 e. The van der Waals surface area contributed by atoms with Crippen molar-refractivity contribution in [2.75, 3.05) is 26.1 Å². The van der Waals surface area contributed by atoms with Crippen LogP contribution in [0.1, 0.15) is 54.0 Å². The van der Waals surface area contributed by atoms with E-state index in [2.05, 4.69) is 54.1 Å². The Bertz CT molecular complexity index is 2230. The van der Waals surface area contributed by atoms with Crippen molar-refractivity contribution >= 4 is 31.2 Å². The Hall–Kier alpha value is -5.44. The van der Waals surface area contributed by atoms with Crippen LogP contribution in [0.25, 0.3) is 11.2 Å². The van der Waals surface area contributed by atoms with Gasteiger partial charge in [0.05, 0.1) is 27.2 Å². The summed E-state index contributed by atoms with van der Waals surface area (Å²) in [7, 11) is 0.769. The third-order valence-electron chi connectivity index (χ3n) is 11.1. The van der Waals surface area contributed by atoms with Crippen LogP contribution in [-0.4, -0.2) is 78.0 Å². The molecule has 2 N–H and O–H groups in total. The van der Waals surface area contributed by atoms with Crippen molar-refractivity contribution < 1.29 is 33.3 Å². The van der Waals surface area contributed by atoms with Crippen molar-refractivity contribution in [2.24, 2.45) is 0 Å². The highest BCUT2D eigenvalue weighted by Gasteiger charge is 2.52. The number of amides is 1. The molecule has 2 unspecified atom stereocenters. The zero-order valence-corrected chi connectivity index (χ0v) is 34.2. The lowest BCUT2D eigenvalue weighted by Gasteiger charge is -2.40. The number of aliphatic hydroxyl groups is 1. The molecule has 12 nitrogen and oxygen atoms in total. The standard InChI is InChI=1S/C44H49N5O7Si/c1-43(2,3)57(6,7)56-38-37(50)35(55-42(38)49-28-47-36-39(45-27-46-40(36)49)48-41(51)29-14-10-8-11-15-29)26-54-44(30-16-12-9-13-17-30,31-18-22-33(52-4)23-19-31)32-20-24-34(53-5)25-21-32/h8-25,27-28,35,37-38,42,50H,26H2,1-7H3,(H,45,46,48,51)/t35-,37?,38?,42-/m1/s1. The van der Waals surface area contributed by atoms with Crippen LogP contribution in [0.3, 0.4) is 0 Å². The average Bonchev–Trinajstić information content (AvgIpc) is 3.79. The van der Waals surface area contributed by atoms with Crippen LogP contribution < -0.4 is 14.8 Å². The zero-order valence-electron chi connectivity index (χ0n) is 33.2. The first-order chi connectivity index (χ1) is 27.4. The van der Waals surface area contributed by atoms with Crippen molar-refractivity contribution in [1.29, 1.82) is 0 Å². The van der Waals surface area contributed by atoms with Gasteiger partial charge in [-0.25, -0.2) is 15.0 Å². The molecule has 1 amide bonds. The summed E-state index contributed by atoms with van der Waals surface area (Å²) in [5.41, 5.74) is 2.69. The van der Waals surface area contributed by atoms with Crippen molar-refractivity contribution in [3.63, 3.8) is 0 Å². The maximum Gasteiger partial charge on any atom is 0.256 e. The molecule has 0 saturated carbocycles. The number of benzene rings is 4. The highest BCUT2D eigenvalue weighted by Crippen LogP contribution is 2.45. The molecule has 3 heterocycles. The number of aliphatic hydroxyl groups excluding tert-OH is 1. The SMILES string of the molecule is COc1ccc(C(OC[C@H]2O[C@@H](n3cnc4c(NC(=O)c5ccccc5)ncnc43)C(O[Si](C)(C)C(C)(C)C)C2O)(c2ccccc2)c2ccc(OC)cc2)cc1. The van der Waals surface area contributed by atoms with Gasteiger partial charge in [-0.05, 0) is 71.2 Å². The molecule has 1 fully saturated rings. The molecule has 7 rings (SSSR count). The predicted molar refractivity (Wildman–Crippen MR) is 220 cm³/mol. The van der Waals surface area contributed by atoms with E-state index in [4.69, 9.17) is 23.4 Å². The van der Waals surface area contributed by atoms with Gasteiger partial charge in [0.25, 0.3) is 5.91 Å². The molecule has 1 aliphatic heterocycles. The molecule has 4 aromatic carbocycles. The van der Waals surface area contributed by atoms with Crippen molar-refractivity contribution in [2.45, 2.75) is 69.0 Å². The number of carbonyl (C=O) groups is 1. The summed E-state index contributed by atoms with van der Waals surface area (Å²) in [5.74, 6) is 1.33. The molecule has 1 saturated heterocycles. The number of methoxy groups -OCH3 is 2. The number of anilines is 1. The van der Waals surface area contributed by atoms with Gasteiger partial charge in [-0.2, -0.15) is 0 Å². The van der Waals surface area contributed by atoms with E-state index in [0.29, 0.717) is 28.2 Å². The summed E-state index contributed by atoms with van der Waals surface area (Å²) in [4.78, 5) is 26.7. The van der Waals surface area contributed by atoms with Gasteiger partial charge in [0, 0.05) is 5.56 Å². The van der Waals surface area contributed by atoms with Crippen LogP contribution in [0.15, 0.2) is 122 Å². The Morgan fingerprint density at radius 1 is 0.807 bits per heavy atom. The van der Waals surface area contributed by atoms with E-state index in [-0.39, 0.29) is 23.4 Å². The van der Waals surface area contributed by atoms with E-state index in [1.165, 1.54) is 6.33 Å². The summed E-state index contributed by atoms with van der Waals surface area (Å²) >= 11 is 0. The lowest BCUT2D eigenvalue weighted by molar-refractivity contribution is -0.0940. The number of rotatable bonds is 13. The molecule has 2 aromatic heterocycles. The Morgan fingerprint density at radius 3 is 1.93 bits per heavy atom. The Labute approximate surface area is 333 Å². The van der Waals surface area contributed by atoms with Crippen LogP contribution in [0.5, 0.6) is 11.5 Å². The maximum atomic E-state index is 13.1. The van der Waals surface area contributed by atoms with Gasteiger partial charge in [-0.15, -0.1) is 0 Å². The number of nitrogens with zero attached hydrogens (tertiary/aromatic N) is 4. The fraction of sp³-hybridized carbons (Fsp3) is 0.318. The fourth-order valence-electron chi connectivity index (χ4n) is 6.90. The normalized spacial score (nSPS) is 18.7. The van der Waals surface area contributed by atoms with Gasteiger partial charge in [0.2, 0.25) is 0 Å². The number of hydrogen-bond acceptors (Lipinski definition) is 10. The number of fused-ring (bicyclic) bond motifs is 1. The third-order valence-corrected chi connectivity index (χ3v) is 15.6. The Kier molecular flexibility index (Phi) is 11.3. The van der Waals surface area contributed by atoms with E-state index in [1.807, 2.05) is 84.9 Å². The van der Waals surface area contributed by atoms with Crippen LogP contribution in [0.2, 0.25) is 18.1 Å². The molecule has 0 aliphatic carbocycles. The monoisotopic (exact) mass is 787 g/mol. The minimum atomic E-state index is -2.50. The number of nitrogens with one attached hydrogen (secondary N) is 1. The molecule has 296 valence electrons. The van der Waals surface area contributed by atoms with Gasteiger partial charge >= 0.3 is 0 Å². The highest BCUT2D eigenvalue weighted by atomic mass is 28.4. The first kappa shape index (κ1) is 39.8. The summed E-state index contributed by atoms with van der Waals surface area (Å²) in [5, 5.41) is 15.0. The van der Waals surface area contributed by atoms with Crippen LogP contribution in [0.4, 0.5) is 5.82 Å². The van der Waals surface area contributed by atoms with Gasteiger partial charge in [-0.1, -0.05) is 93.6 Å². The predicted octanol–water partition coefficient (Wildman–Crippen LogP) is 7.75. The third kappa shape index (κ3) is 7.81. The molecule has 57 heavy (non-hydrogen) atoms. The minimum Gasteiger partial charge on any atom is -0.497 e. The molecular formula is C44H49N5O7Si. The lowest BCUT2D eigenvalue weighted by Crippen LogP contribution is -2.49. The largest absolute Gasteiger partial charge is 0.497 e. The van der Waals surface area contributed by atoms with E-state index >= 15 is 0 Å². The number of hydrogen-bond donors (Lipinski definition) is 2. The Balaban J connectivity index is 1.28. The second-order valence-corrected chi connectivity index (χ2v) is 20.3. The summed E-state index contributed by atoms with van der Waals surface area (Å²) in [6, 6.07) is 34.4. The Morgan fingerprint density at radius 2 is 1.37 bits per heavy atom. The molecule has 0 radical (unpaired) electrons. The van der Waals surface area contributed by atoms with Gasteiger partial charge in [-0.3, -0.25) is 9.36 Å². The van der Waals surface area contributed by atoms with E-state index in [0.717, 1.165) is 16.7 Å². The number of imidazole rings is 1. The second-order valence-electron chi connectivity index (χ2n) is 15.6. The van der Waals surface area contributed by atoms with Gasteiger partial charge in [0.1, 0.15) is 41.7 Å². The van der Waals surface area contributed by atoms with E-state index < -0.39 is 38.5 Å². The minimum absolute atomic E-state index is 0.0258. The van der Waals surface area contributed by atoms with Gasteiger partial charge in [0.15, 0.2) is 31.5 Å². The van der Waals surface area contributed by atoms with Crippen molar-refractivity contribution in [3.05, 3.63) is 144 Å². The lowest BCUT2D eigenvalue weighted by atomic mass is 9.80. The van der Waals surface area contributed by atoms with Crippen molar-refractivity contribution in [3.8, 4) is 11.5 Å². The second kappa shape index (κ2) is 16.2. The summed E-state index contributed by atoms with van der Waals surface area (Å²) < 4.78 is 33.8. The summed E-state index contributed by atoms with van der Waals surface area (Å²) in [6.45, 7) is 10.7. The first-order valence-corrected chi connectivity index (χ1v) is 21.8. The first-order valence-electron chi connectivity index (χ1n) is 18.9. The van der Waals surface area contributed by atoms with Crippen LogP contribution >= 0.6 is 0 Å². The topological polar surface area (TPSA) is 139 Å². The molecule has 13 heteroatoms. The van der Waals surface area contributed by atoms with E-state index in [9.17, 15) is 9.90 Å². The van der Waals surface area contributed by atoms with Gasteiger partial charge < -0.3 is 33.8 Å². The molecule has 1 aliphatic rings. The zero-order chi connectivity index (χ0) is 40.4. The number of carbonyl (C=O) groups excluding carboxylic acids is 1. The molecule has 0 bridgehead atoms. The molecule has 0 spiro atoms. The quantitative estimate of drug-likeness (QED) is 0.0883. The van der Waals surface area contributed by atoms with E-state index in [1.54, 1.807) is 49.4 Å². The molecular weight excluding hydrogens is 739 g/mol. The van der Waals surface area contributed by atoms with Crippen molar-refractivity contribution in [1.82, 2.24) is 19.5 Å².